The molecular weight excluding hydrogens is 352 g/mol. The highest BCUT2D eigenvalue weighted by Gasteiger charge is 2.14. The van der Waals surface area contributed by atoms with Crippen molar-refractivity contribution in [1.82, 2.24) is 4.72 Å². The Labute approximate surface area is 153 Å². The van der Waals surface area contributed by atoms with Gasteiger partial charge in [0.2, 0.25) is 15.9 Å². The van der Waals surface area contributed by atoms with Gasteiger partial charge in [0.15, 0.2) is 5.78 Å². The summed E-state index contributed by atoms with van der Waals surface area (Å²) in [6.45, 7) is 5.16. The third-order valence-corrected chi connectivity index (χ3v) is 5.20. The van der Waals surface area contributed by atoms with Gasteiger partial charge in [0.25, 0.3) is 0 Å². The second-order valence-corrected chi connectivity index (χ2v) is 8.01. The van der Waals surface area contributed by atoms with Crippen molar-refractivity contribution in [3.05, 3.63) is 59.7 Å². The van der Waals surface area contributed by atoms with E-state index in [0.29, 0.717) is 11.3 Å². The van der Waals surface area contributed by atoms with Crippen LogP contribution in [0.25, 0.3) is 0 Å². The molecule has 2 rings (SSSR count). The lowest BCUT2D eigenvalue weighted by atomic mass is 10.2. The standard InChI is InChI=1S/C19H22N2O4S/c1-13(2)19(23)21-17-8-4-15(5-9-17)12-20-26(24,25)18-10-6-16(7-11-18)14(3)22/h4-11,13,20H,12H2,1-3H3,(H,21,23). The maximum atomic E-state index is 12.3. The van der Waals surface area contributed by atoms with Crippen molar-refractivity contribution in [3.8, 4) is 0 Å². The Hall–Kier alpha value is -2.51. The molecule has 0 atom stereocenters. The van der Waals surface area contributed by atoms with Crippen LogP contribution in [0.5, 0.6) is 0 Å². The fourth-order valence-corrected chi connectivity index (χ4v) is 3.14. The van der Waals surface area contributed by atoms with E-state index in [4.69, 9.17) is 0 Å². The molecule has 7 heteroatoms. The third kappa shape index (κ3) is 5.24. The number of benzene rings is 2. The number of sulfonamides is 1. The number of hydrogen-bond donors (Lipinski definition) is 2. The van der Waals surface area contributed by atoms with Crippen molar-refractivity contribution in [2.24, 2.45) is 5.92 Å². The summed E-state index contributed by atoms with van der Waals surface area (Å²) in [5.41, 5.74) is 1.88. The molecular formula is C19H22N2O4S. The highest BCUT2D eigenvalue weighted by atomic mass is 32.2. The molecule has 0 bridgehead atoms. The maximum Gasteiger partial charge on any atom is 0.240 e. The van der Waals surface area contributed by atoms with Crippen LogP contribution < -0.4 is 10.0 Å². The minimum absolute atomic E-state index is 0.0764. The van der Waals surface area contributed by atoms with Crippen molar-refractivity contribution >= 4 is 27.4 Å². The zero-order valence-corrected chi connectivity index (χ0v) is 15.8. The average molecular weight is 374 g/mol. The number of amides is 1. The van der Waals surface area contributed by atoms with E-state index in [1.807, 2.05) is 0 Å². The monoisotopic (exact) mass is 374 g/mol. The molecule has 0 saturated carbocycles. The number of ketones is 1. The molecule has 0 heterocycles. The molecule has 0 unspecified atom stereocenters. The molecule has 2 aromatic carbocycles. The Morgan fingerprint density at radius 3 is 2.04 bits per heavy atom. The van der Waals surface area contributed by atoms with Crippen LogP contribution in [0.2, 0.25) is 0 Å². The summed E-state index contributed by atoms with van der Waals surface area (Å²) in [6.07, 6.45) is 0. The Morgan fingerprint density at radius 2 is 1.54 bits per heavy atom. The molecule has 0 radical (unpaired) electrons. The van der Waals surface area contributed by atoms with Crippen molar-refractivity contribution < 1.29 is 18.0 Å². The lowest BCUT2D eigenvalue weighted by Gasteiger charge is -2.10. The van der Waals surface area contributed by atoms with Gasteiger partial charge < -0.3 is 5.32 Å². The summed E-state index contributed by atoms with van der Waals surface area (Å²) in [6, 6.07) is 12.7. The van der Waals surface area contributed by atoms with Crippen LogP contribution in [-0.4, -0.2) is 20.1 Å². The molecule has 0 aliphatic heterocycles. The van der Waals surface area contributed by atoms with Crippen LogP contribution in [0, 0.1) is 5.92 Å². The SMILES string of the molecule is CC(=O)c1ccc(S(=O)(=O)NCc2ccc(NC(=O)C(C)C)cc2)cc1. The molecule has 0 fully saturated rings. The molecule has 6 nitrogen and oxygen atoms in total. The third-order valence-electron chi connectivity index (χ3n) is 3.78. The Morgan fingerprint density at radius 1 is 0.962 bits per heavy atom. The van der Waals surface area contributed by atoms with Crippen LogP contribution in [0.3, 0.4) is 0 Å². The summed E-state index contributed by atoms with van der Waals surface area (Å²) >= 11 is 0. The Bertz CT molecular complexity index is 886. The highest BCUT2D eigenvalue weighted by Crippen LogP contribution is 2.14. The van der Waals surface area contributed by atoms with E-state index < -0.39 is 10.0 Å². The van der Waals surface area contributed by atoms with Crippen LogP contribution in [0.4, 0.5) is 5.69 Å². The smallest absolute Gasteiger partial charge is 0.240 e. The summed E-state index contributed by atoms with van der Waals surface area (Å²) in [7, 11) is -3.67. The first kappa shape index (κ1) is 19.8. The molecule has 0 saturated heterocycles. The van der Waals surface area contributed by atoms with E-state index in [0.717, 1.165) is 5.56 Å². The highest BCUT2D eigenvalue weighted by molar-refractivity contribution is 7.89. The number of rotatable bonds is 7. The van der Waals surface area contributed by atoms with Gasteiger partial charge in [-0.2, -0.15) is 0 Å². The van der Waals surface area contributed by atoms with Crippen LogP contribution in [0.15, 0.2) is 53.4 Å². The lowest BCUT2D eigenvalue weighted by Crippen LogP contribution is -2.23. The zero-order chi connectivity index (χ0) is 19.3. The van der Waals surface area contributed by atoms with Gasteiger partial charge in [0, 0.05) is 23.7 Å². The van der Waals surface area contributed by atoms with Gasteiger partial charge >= 0.3 is 0 Å². The van der Waals surface area contributed by atoms with Gasteiger partial charge in [0.1, 0.15) is 0 Å². The van der Waals surface area contributed by atoms with Crippen molar-refractivity contribution in [1.29, 1.82) is 0 Å². The molecule has 26 heavy (non-hydrogen) atoms. The normalized spacial score (nSPS) is 11.4. The van der Waals surface area contributed by atoms with Gasteiger partial charge in [-0.05, 0) is 36.8 Å². The van der Waals surface area contributed by atoms with E-state index in [2.05, 4.69) is 10.0 Å². The van der Waals surface area contributed by atoms with Gasteiger partial charge in [-0.1, -0.05) is 38.1 Å². The number of carbonyl (C=O) groups excluding carboxylic acids is 2. The number of hydrogen-bond acceptors (Lipinski definition) is 4. The number of Topliss-reactive ketones (excluding diaryl/α,β-unsaturated/α-hetero) is 1. The first-order valence-corrected chi connectivity index (χ1v) is 9.68. The summed E-state index contributed by atoms with van der Waals surface area (Å²) < 4.78 is 27.2. The van der Waals surface area contributed by atoms with Gasteiger partial charge in [-0.15, -0.1) is 0 Å². The molecule has 2 aromatic rings. The van der Waals surface area contributed by atoms with Gasteiger partial charge in [0.05, 0.1) is 4.90 Å². The molecule has 0 aliphatic rings. The predicted octanol–water partition coefficient (Wildman–Crippen LogP) is 2.96. The van der Waals surface area contributed by atoms with E-state index in [1.54, 1.807) is 38.1 Å². The minimum atomic E-state index is -3.67. The maximum absolute atomic E-state index is 12.3. The van der Waals surface area contributed by atoms with Crippen molar-refractivity contribution in [2.75, 3.05) is 5.32 Å². The van der Waals surface area contributed by atoms with Crippen molar-refractivity contribution in [2.45, 2.75) is 32.2 Å². The number of anilines is 1. The topological polar surface area (TPSA) is 92.3 Å². The first-order valence-electron chi connectivity index (χ1n) is 8.19. The van der Waals surface area contributed by atoms with Crippen molar-refractivity contribution in [3.63, 3.8) is 0 Å². The quantitative estimate of drug-likeness (QED) is 0.729. The number of nitrogens with one attached hydrogen (secondary N) is 2. The van der Waals surface area contributed by atoms with Crippen LogP contribution in [0.1, 0.15) is 36.7 Å². The second kappa shape index (κ2) is 8.25. The molecule has 1 amide bonds. The van der Waals surface area contributed by atoms with E-state index in [1.165, 1.54) is 31.2 Å². The average Bonchev–Trinajstić information content (AvgIpc) is 2.61. The van der Waals surface area contributed by atoms with E-state index in [9.17, 15) is 18.0 Å². The largest absolute Gasteiger partial charge is 0.326 e. The zero-order valence-electron chi connectivity index (χ0n) is 14.9. The molecule has 0 spiro atoms. The van der Waals surface area contributed by atoms with Gasteiger partial charge in [-0.25, -0.2) is 13.1 Å². The lowest BCUT2D eigenvalue weighted by molar-refractivity contribution is -0.118. The van der Waals surface area contributed by atoms with E-state index >= 15 is 0 Å². The summed E-state index contributed by atoms with van der Waals surface area (Å²) in [5.74, 6) is -0.310. The Kier molecular flexibility index (Phi) is 6.28. The molecule has 2 N–H and O–H groups in total. The van der Waals surface area contributed by atoms with Crippen LogP contribution >= 0.6 is 0 Å². The minimum Gasteiger partial charge on any atom is -0.326 e. The van der Waals surface area contributed by atoms with Crippen LogP contribution in [-0.2, 0) is 21.4 Å². The summed E-state index contributed by atoms with van der Waals surface area (Å²) in [4.78, 5) is 23.0. The summed E-state index contributed by atoms with van der Waals surface area (Å²) in [5, 5.41) is 2.78. The molecule has 138 valence electrons. The van der Waals surface area contributed by atoms with E-state index in [-0.39, 0.29) is 29.0 Å². The fraction of sp³-hybridized carbons (Fsp3) is 0.263. The predicted molar refractivity (Wildman–Crippen MR) is 100 cm³/mol. The Balaban J connectivity index is 2.00. The fourth-order valence-electron chi connectivity index (χ4n) is 2.12. The number of carbonyl (C=O) groups is 2. The molecule has 0 aromatic heterocycles. The molecule has 0 aliphatic carbocycles. The van der Waals surface area contributed by atoms with Gasteiger partial charge in [-0.3, -0.25) is 9.59 Å². The second-order valence-electron chi connectivity index (χ2n) is 6.25. The first-order chi connectivity index (χ1) is 12.2.